The molecule has 2 rings (SSSR count). The van der Waals surface area contributed by atoms with Crippen molar-refractivity contribution in [1.29, 1.82) is 0 Å². The number of halogens is 1. The Kier molecular flexibility index (Phi) is 6.39. The molecular weight excluding hydrogens is 360 g/mol. The second-order valence-corrected chi connectivity index (χ2v) is 7.36. The zero-order valence-corrected chi connectivity index (χ0v) is 16.1. The molecule has 1 heterocycles. The minimum atomic E-state index is -0.373. The van der Waals surface area contributed by atoms with Crippen molar-refractivity contribution in [3.63, 3.8) is 0 Å². The molecule has 0 radical (unpaired) electrons. The Hall–Kier alpha value is -2.12. The highest BCUT2D eigenvalue weighted by atomic mass is 35.5. The van der Waals surface area contributed by atoms with E-state index in [1.807, 2.05) is 27.7 Å². The molecule has 25 heavy (non-hydrogen) atoms. The predicted octanol–water partition coefficient (Wildman–Crippen LogP) is 4.05. The summed E-state index contributed by atoms with van der Waals surface area (Å²) in [4.78, 5) is 29.7. The average Bonchev–Trinajstić information content (AvgIpc) is 2.88. The zero-order chi connectivity index (χ0) is 18.6. The molecule has 0 saturated carbocycles. The molecule has 0 aliphatic rings. The van der Waals surface area contributed by atoms with Crippen molar-refractivity contribution >= 4 is 40.6 Å². The second-order valence-electron chi connectivity index (χ2n) is 5.55. The molecule has 8 heteroatoms. The van der Waals surface area contributed by atoms with Gasteiger partial charge in [0.25, 0.3) is 5.91 Å². The molecule has 3 N–H and O–H groups in total. The summed E-state index contributed by atoms with van der Waals surface area (Å²) in [5, 5.41) is 9.55. The number of urea groups is 1. The van der Waals surface area contributed by atoms with Crippen molar-refractivity contribution in [3.8, 4) is 0 Å². The predicted molar refractivity (Wildman–Crippen MR) is 102 cm³/mol. The summed E-state index contributed by atoms with van der Waals surface area (Å²) in [5.74, 6) is -0.279. The van der Waals surface area contributed by atoms with Gasteiger partial charge in [-0.05, 0) is 45.9 Å². The van der Waals surface area contributed by atoms with Gasteiger partial charge < -0.3 is 16.0 Å². The Morgan fingerprint density at radius 3 is 2.64 bits per heavy atom. The number of hydrogen-bond donors (Lipinski definition) is 3. The average molecular weight is 381 g/mol. The monoisotopic (exact) mass is 380 g/mol. The summed E-state index contributed by atoms with van der Waals surface area (Å²) < 4.78 is 0. The number of carbonyl (C=O) groups excluding carboxylic acids is 2. The number of benzene rings is 1. The smallest absolute Gasteiger partial charge is 0.319 e. The molecule has 6 nitrogen and oxygen atoms in total. The fraction of sp³-hybridized carbons (Fsp3) is 0.353. The SMILES string of the molecule is CCNC(=O)c1cc(NC(=O)NC(C)c2nc(C)sc2C)ccc1Cl. The Morgan fingerprint density at radius 2 is 2.04 bits per heavy atom. The molecule has 1 unspecified atom stereocenters. The molecule has 1 aromatic carbocycles. The van der Waals surface area contributed by atoms with Gasteiger partial charge in [-0.3, -0.25) is 4.79 Å². The van der Waals surface area contributed by atoms with E-state index in [4.69, 9.17) is 11.6 Å². The Balaban J connectivity index is 2.06. The first-order valence-corrected chi connectivity index (χ1v) is 9.10. The van der Waals surface area contributed by atoms with E-state index in [0.717, 1.165) is 15.6 Å². The molecule has 3 amide bonds. The first kappa shape index (κ1) is 19.2. The lowest BCUT2D eigenvalue weighted by molar-refractivity contribution is 0.0956. The number of hydrogen-bond acceptors (Lipinski definition) is 4. The van der Waals surface area contributed by atoms with Crippen LogP contribution in [0.5, 0.6) is 0 Å². The van der Waals surface area contributed by atoms with Gasteiger partial charge in [-0.25, -0.2) is 9.78 Å². The van der Waals surface area contributed by atoms with Crippen LogP contribution in [0.4, 0.5) is 10.5 Å². The second kappa shape index (κ2) is 8.31. The molecule has 0 saturated heterocycles. The van der Waals surface area contributed by atoms with E-state index in [9.17, 15) is 9.59 Å². The summed E-state index contributed by atoms with van der Waals surface area (Å²) in [6.45, 7) is 8.11. The van der Waals surface area contributed by atoms with Gasteiger partial charge in [-0.1, -0.05) is 11.6 Å². The number of nitrogens with one attached hydrogen (secondary N) is 3. The van der Waals surface area contributed by atoms with Gasteiger partial charge in [-0.2, -0.15) is 0 Å². The van der Waals surface area contributed by atoms with Crippen molar-refractivity contribution in [2.24, 2.45) is 0 Å². The summed E-state index contributed by atoms with van der Waals surface area (Å²) in [6, 6.07) is 4.18. The zero-order valence-electron chi connectivity index (χ0n) is 14.6. The molecule has 0 fully saturated rings. The largest absolute Gasteiger partial charge is 0.352 e. The fourth-order valence-corrected chi connectivity index (χ4v) is 3.53. The lowest BCUT2D eigenvalue weighted by Crippen LogP contribution is -2.31. The third-order valence-electron chi connectivity index (χ3n) is 3.50. The van der Waals surface area contributed by atoms with E-state index in [1.54, 1.807) is 29.5 Å². The molecule has 0 spiro atoms. The van der Waals surface area contributed by atoms with Crippen LogP contribution < -0.4 is 16.0 Å². The topological polar surface area (TPSA) is 83.1 Å². The van der Waals surface area contributed by atoms with Gasteiger partial charge in [0.1, 0.15) is 0 Å². The normalized spacial score (nSPS) is 11.7. The van der Waals surface area contributed by atoms with Gasteiger partial charge in [0.05, 0.1) is 27.3 Å². The summed E-state index contributed by atoms with van der Waals surface area (Å²) in [6.07, 6.45) is 0. The number of aromatic nitrogens is 1. The first-order chi connectivity index (χ1) is 11.8. The number of amides is 3. The standard InChI is InChI=1S/C17H21ClN4O2S/c1-5-19-16(23)13-8-12(6-7-14(13)18)22-17(24)20-9(2)15-10(3)25-11(4)21-15/h6-9H,5H2,1-4H3,(H,19,23)(H2,20,22,24). The molecule has 1 aromatic heterocycles. The molecule has 0 aliphatic carbocycles. The third-order valence-corrected chi connectivity index (χ3v) is 4.73. The van der Waals surface area contributed by atoms with Crippen LogP contribution in [-0.4, -0.2) is 23.5 Å². The van der Waals surface area contributed by atoms with Crippen LogP contribution in [0, 0.1) is 13.8 Å². The third kappa shape index (κ3) is 4.93. The number of aryl methyl sites for hydroxylation is 2. The van der Waals surface area contributed by atoms with Crippen LogP contribution >= 0.6 is 22.9 Å². The van der Waals surface area contributed by atoms with Crippen molar-refractivity contribution in [1.82, 2.24) is 15.6 Å². The Labute approximate surface area is 156 Å². The Bertz CT molecular complexity index is 791. The van der Waals surface area contributed by atoms with Crippen LogP contribution in [0.25, 0.3) is 0 Å². The number of carbonyl (C=O) groups is 2. The highest BCUT2D eigenvalue weighted by molar-refractivity contribution is 7.11. The lowest BCUT2D eigenvalue weighted by atomic mass is 10.2. The minimum Gasteiger partial charge on any atom is -0.352 e. The van der Waals surface area contributed by atoms with Gasteiger partial charge in [0.2, 0.25) is 0 Å². The van der Waals surface area contributed by atoms with E-state index >= 15 is 0 Å². The maximum absolute atomic E-state index is 12.2. The molecular formula is C17H21ClN4O2S. The number of rotatable bonds is 5. The van der Waals surface area contributed by atoms with Crippen LogP contribution in [0.15, 0.2) is 18.2 Å². The highest BCUT2D eigenvalue weighted by Gasteiger charge is 2.16. The van der Waals surface area contributed by atoms with Gasteiger partial charge in [-0.15, -0.1) is 11.3 Å². The quantitative estimate of drug-likeness (QED) is 0.731. The lowest BCUT2D eigenvalue weighted by Gasteiger charge is -2.14. The Morgan fingerprint density at radius 1 is 1.32 bits per heavy atom. The first-order valence-electron chi connectivity index (χ1n) is 7.91. The van der Waals surface area contributed by atoms with Crippen molar-refractivity contribution in [2.45, 2.75) is 33.7 Å². The van der Waals surface area contributed by atoms with Crippen LogP contribution in [-0.2, 0) is 0 Å². The maximum Gasteiger partial charge on any atom is 0.319 e. The van der Waals surface area contributed by atoms with E-state index in [1.165, 1.54) is 0 Å². The van der Waals surface area contributed by atoms with E-state index in [-0.39, 0.29) is 18.0 Å². The molecule has 1 atom stereocenters. The van der Waals surface area contributed by atoms with Gasteiger partial charge in [0, 0.05) is 17.1 Å². The number of nitrogens with zero attached hydrogens (tertiary/aromatic N) is 1. The number of thiazole rings is 1. The van der Waals surface area contributed by atoms with Crippen LogP contribution in [0.3, 0.4) is 0 Å². The van der Waals surface area contributed by atoms with Crippen LogP contribution in [0.1, 0.15) is 45.8 Å². The molecule has 2 aromatic rings. The molecule has 134 valence electrons. The van der Waals surface area contributed by atoms with Gasteiger partial charge in [0.15, 0.2) is 0 Å². The summed E-state index contributed by atoms with van der Waals surface area (Å²) >= 11 is 7.65. The fourth-order valence-electron chi connectivity index (χ4n) is 2.41. The van der Waals surface area contributed by atoms with Crippen molar-refractivity contribution in [2.75, 3.05) is 11.9 Å². The van der Waals surface area contributed by atoms with Crippen molar-refractivity contribution in [3.05, 3.63) is 44.4 Å². The van der Waals surface area contributed by atoms with E-state index in [0.29, 0.717) is 22.8 Å². The summed E-state index contributed by atoms with van der Waals surface area (Å²) in [7, 11) is 0. The molecule has 0 aliphatic heterocycles. The van der Waals surface area contributed by atoms with Crippen molar-refractivity contribution < 1.29 is 9.59 Å². The van der Waals surface area contributed by atoms with E-state index in [2.05, 4.69) is 20.9 Å². The molecule has 0 bridgehead atoms. The number of anilines is 1. The minimum absolute atomic E-state index is 0.222. The van der Waals surface area contributed by atoms with Crippen LogP contribution in [0.2, 0.25) is 5.02 Å². The highest BCUT2D eigenvalue weighted by Crippen LogP contribution is 2.23. The summed E-state index contributed by atoms with van der Waals surface area (Å²) in [5.41, 5.74) is 1.67. The maximum atomic E-state index is 12.2. The van der Waals surface area contributed by atoms with E-state index < -0.39 is 0 Å². The van der Waals surface area contributed by atoms with Gasteiger partial charge >= 0.3 is 6.03 Å².